The molecule has 0 unspecified atom stereocenters. The number of carbonyl (C=O) groups excluding carboxylic acids is 1. The molecule has 3 atom stereocenters. The Kier molecular flexibility index (Phi) is 4.74. The summed E-state index contributed by atoms with van der Waals surface area (Å²) in [5.41, 5.74) is 0.813. The molecule has 122 valence electrons. The number of carbonyl (C=O) groups is 1. The first-order valence-electron chi connectivity index (χ1n) is 8.27. The molecule has 2 aromatic rings. The Hall–Kier alpha value is -2.17. The Balaban J connectivity index is 1.60. The second kappa shape index (κ2) is 6.94. The lowest BCUT2D eigenvalue weighted by Gasteiger charge is -2.34. The molecule has 1 aromatic carbocycles. The number of nitrogens with one attached hydrogen (secondary N) is 1. The van der Waals surface area contributed by atoms with Gasteiger partial charge >= 0.3 is 0 Å². The van der Waals surface area contributed by atoms with E-state index >= 15 is 0 Å². The minimum absolute atomic E-state index is 0.0153. The van der Waals surface area contributed by atoms with Gasteiger partial charge in [-0.15, -0.1) is 0 Å². The van der Waals surface area contributed by atoms with E-state index in [1.54, 1.807) is 0 Å². The summed E-state index contributed by atoms with van der Waals surface area (Å²) in [5.74, 6) is 1.53. The maximum absolute atomic E-state index is 12.2. The van der Waals surface area contributed by atoms with E-state index in [0.717, 1.165) is 17.3 Å². The van der Waals surface area contributed by atoms with Gasteiger partial charge in [0.05, 0.1) is 10.9 Å². The van der Waals surface area contributed by atoms with Crippen LogP contribution in [0.15, 0.2) is 30.6 Å². The van der Waals surface area contributed by atoms with Crippen molar-refractivity contribution < 1.29 is 9.53 Å². The van der Waals surface area contributed by atoms with Crippen LogP contribution < -0.4 is 10.1 Å². The van der Waals surface area contributed by atoms with Crippen LogP contribution in [0.2, 0.25) is 0 Å². The molecule has 1 aliphatic carbocycles. The van der Waals surface area contributed by atoms with Gasteiger partial charge in [0.25, 0.3) is 5.91 Å². The number of amides is 1. The zero-order valence-corrected chi connectivity index (χ0v) is 13.7. The van der Waals surface area contributed by atoms with E-state index in [1.807, 2.05) is 24.3 Å². The number of ether oxygens (including phenoxy) is 1. The summed E-state index contributed by atoms with van der Waals surface area (Å²) >= 11 is 0. The molecule has 1 amide bonds. The van der Waals surface area contributed by atoms with Crippen LogP contribution in [0.1, 0.15) is 33.1 Å². The molecule has 1 aliphatic rings. The van der Waals surface area contributed by atoms with Crippen LogP contribution in [0, 0.1) is 11.8 Å². The standard InChI is InChI=1S/C18H23N3O2/c1-12-6-5-9-15(13(12)2)21-17(22)10-23-18-14-7-3-4-8-16(14)19-11-20-18/h3-4,7-8,11-13,15H,5-6,9-10H2,1-2H3,(H,21,22)/t12-,13-,15+/m0/s1. The number of aromatic nitrogens is 2. The lowest BCUT2D eigenvalue weighted by molar-refractivity contribution is -0.124. The van der Waals surface area contributed by atoms with Crippen molar-refractivity contribution in [3.63, 3.8) is 0 Å². The Labute approximate surface area is 136 Å². The topological polar surface area (TPSA) is 64.1 Å². The fourth-order valence-corrected chi connectivity index (χ4v) is 3.26. The summed E-state index contributed by atoms with van der Waals surface area (Å²) in [7, 11) is 0. The molecule has 0 radical (unpaired) electrons. The minimum Gasteiger partial charge on any atom is -0.467 e. The lowest BCUT2D eigenvalue weighted by Crippen LogP contribution is -2.45. The van der Waals surface area contributed by atoms with Crippen molar-refractivity contribution in [2.75, 3.05) is 6.61 Å². The van der Waals surface area contributed by atoms with Crippen LogP contribution in [0.25, 0.3) is 10.9 Å². The van der Waals surface area contributed by atoms with E-state index in [0.29, 0.717) is 17.7 Å². The summed E-state index contributed by atoms with van der Waals surface area (Å²) in [6.07, 6.45) is 4.93. The molecule has 0 spiro atoms. The largest absolute Gasteiger partial charge is 0.467 e. The van der Waals surface area contributed by atoms with Gasteiger partial charge in [0.15, 0.2) is 6.61 Å². The molecule has 1 heterocycles. The van der Waals surface area contributed by atoms with E-state index in [9.17, 15) is 4.79 Å². The van der Waals surface area contributed by atoms with Crippen molar-refractivity contribution in [3.05, 3.63) is 30.6 Å². The van der Waals surface area contributed by atoms with Gasteiger partial charge in [-0.2, -0.15) is 0 Å². The van der Waals surface area contributed by atoms with Crippen molar-refractivity contribution in [3.8, 4) is 5.88 Å². The minimum atomic E-state index is -0.0846. The lowest BCUT2D eigenvalue weighted by atomic mass is 9.78. The van der Waals surface area contributed by atoms with Crippen molar-refractivity contribution in [1.29, 1.82) is 0 Å². The average molecular weight is 313 g/mol. The fraction of sp³-hybridized carbons (Fsp3) is 0.500. The Morgan fingerprint density at radius 1 is 1.26 bits per heavy atom. The SMILES string of the molecule is C[C@H]1[C@@H](C)CCC[C@H]1NC(=O)COc1ncnc2ccccc12. The molecular formula is C18H23N3O2. The third-order valence-electron chi connectivity index (χ3n) is 4.90. The van der Waals surface area contributed by atoms with Gasteiger partial charge in [0, 0.05) is 6.04 Å². The second-order valence-electron chi connectivity index (χ2n) is 6.43. The smallest absolute Gasteiger partial charge is 0.258 e. The predicted octanol–water partition coefficient (Wildman–Crippen LogP) is 2.95. The first kappa shape index (κ1) is 15.7. The number of fused-ring (bicyclic) bond motifs is 1. The van der Waals surface area contributed by atoms with Crippen LogP contribution in [0.3, 0.4) is 0 Å². The second-order valence-corrected chi connectivity index (χ2v) is 6.43. The molecule has 23 heavy (non-hydrogen) atoms. The molecule has 0 saturated heterocycles. The van der Waals surface area contributed by atoms with Crippen LogP contribution in [0.5, 0.6) is 5.88 Å². The van der Waals surface area contributed by atoms with Crippen molar-refractivity contribution in [2.45, 2.75) is 39.2 Å². The number of hydrogen-bond acceptors (Lipinski definition) is 4. The normalized spacial score (nSPS) is 24.3. The molecular weight excluding hydrogens is 290 g/mol. The summed E-state index contributed by atoms with van der Waals surface area (Å²) in [5, 5.41) is 3.93. The highest BCUT2D eigenvalue weighted by atomic mass is 16.5. The van der Waals surface area contributed by atoms with Gasteiger partial charge in [-0.1, -0.05) is 38.8 Å². The molecule has 3 rings (SSSR count). The highest BCUT2D eigenvalue weighted by Crippen LogP contribution is 2.29. The van der Waals surface area contributed by atoms with E-state index in [4.69, 9.17) is 4.74 Å². The zero-order valence-electron chi connectivity index (χ0n) is 13.7. The molecule has 0 bridgehead atoms. The first-order chi connectivity index (χ1) is 11.1. The van der Waals surface area contributed by atoms with Gasteiger partial charge in [0.2, 0.25) is 5.88 Å². The van der Waals surface area contributed by atoms with Gasteiger partial charge in [-0.25, -0.2) is 9.97 Å². The number of para-hydroxylation sites is 1. The molecule has 1 N–H and O–H groups in total. The van der Waals surface area contributed by atoms with Crippen LogP contribution in [-0.4, -0.2) is 28.5 Å². The maximum atomic E-state index is 12.2. The third-order valence-corrected chi connectivity index (χ3v) is 4.90. The van der Waals surface area contributed by atoms with Crippen molar-refractivity contribution >= 4 is 16.8 Å². The first-order valence-corrected chi connectivity index (χ1v) is 8.27. The molecule has 5 nitrogen and oxygen atoms in total. The van der Waals surface area contributed by atoms with Gasteiger partial charge in [-0.05, 0) is 30.4 Å². The Morgan fingerprint density at radius 2 is 2.09 bits per heavy atom. The number of hydrogen-bond donors (Lipinski definition) is 1. The predicted molar refractivity (Wildman–Crippen MR) is 89.1 cm³/mol. The monoisotopic (exact) mass is 313 g/mol. The van der Waals surface area contributed by atoms with Crippen LogP contribution >= 0.6 is 0 Å². The Morgan fingerprint density at radius 3 is 2.96 bits per heavy atom. The van der Waals surface area contributed by atoms with Crippen LogP contribution in [-0.2, 0) is 4.79 Å². The van der Waals surface area contributed by atoms with Crippen LogP contribution in [0.4, 0.5) is 0 Å². The molecule has 1 saturated carbocycles. The maximum Gasteiger partial charge on any atom is 0.258 e. The molecule has 5 heteroatoms. The van der Waals surface area contributed by atoms with E-state index in [-0.39, 0.29) is 18.6 Å². The number of nitrogens with zero attached hydrogens (tertiary/aromatic N) is 2. The van der Waals surface area contributed by atoms with E-state index in [1.165, 1.54) is 19.2 Å². The van der Waals surface area contributed by atoms with Gasteiger partial charge < -0.3 is 10.1 Å². The molecule has 1 fully saturated rings. The summed E-state index contributed by atoms with van der Waals surface area (Å²) < 4.78 is 5.62. The van der Waals surface area contributed by atoms with Crippen molar-refractivity contribution in [1.82, 2.24) is 15.3 Å². The summed E-state index contributed by atoms with van der Waals surface area (Å²) in [4.78, 5) is 20.5. The van der Waals surface area contributed by atoms with E-state index < -0.39 is 0 Å². The molecule has 1 aromatic heterocycles. The van der Waals surface area contributed by atoms with Gasteiger partial charge in [-0.3, -0.25) is 4.79 Å². The summed E-state index contributed by atoms with van der Waals surface area (Å²) in [6.45, 7) is 4.46. The molecule has 0 aliphatic heterocycles. The number of rotatable bonds is 4. The number of benzene rings is 1. The highest BCUT2D eigenvalue weighted by Gasteiger charge is 2.28. The summed E-state index contributed by atoms with van der Waals surface area (Å²) in [6, 6.07) is 7.86. The Bertz CT molecular complexity index is 684. The van der Waals surface area contributed by atoms with Crippen molar-refractivity contribution in [2.24, 2.45) is 11.8 Å². The highest BCUT2D eigenvalue weighted by molar-refractivity contribution is 5.84. The third kappa shape index (κ3) is 3.60. The quantitative estimate of drug-likeness (QED) is 0.942. The zero-order chi connectivity index (χ0) is 16.2. The van der Waals surface area contributed by atoms with E-state index in [2.05, 4.69) is 29.1 Å². The van der Waals surface area contributed by atoms with Gasteiger partial charge in [0.1, 0.15) is 6.33 Å². The average Bonchev–Trinajstić information content (AvgIpc) is 2.57. The fourth-order valence-electron chi connectivity index (χ4n) is 3.26.